The number of rotatable bonds is 20. The molecule has 0 bridgehead atoms. The van der Waals surface area contributed by atoms with E-state index in [1.165, 1.54) is 77.0 Å². The molecule has 0 N–H and O–H groups in total. The van der Waals surface area contributed by atoms with Crippen LogP contribution in [-0.2, 0) is 21.7 Å². The zero-order valence-electron chi connectivity index (χ0n) is 26.6. The monoisotopic (exact) mass is 564 g/mol. The van der Waals surface area contributed by atoms with Crippen LogP contribution in [0.1, 0.15) is 184 Å². The zero-order valence-corrected chi connectivity index (χ0v) is 28.1. The van der Waals surface area contributed by atoms with E-state index in [-0.39, 0.29) is 46.1 Å². The molecule has 0 saturated heterocycles. The van der Waals surface area contributed by atoms with Gasteiger partial charge in [0.1, 0.15) is 0 Å². The number of hydrogen-bond acceptors (Lipinski definition) is 4. The van der Waals surface area contributed by atoms with Crippen LogP contribution in [-0.4, -0.2) is 24.4 Å². The van der Waals surface area contributed by atoms with E-state index in [0.29, 0.717) is 0 Å². The Kier molecular flexibility index (Phi) is 55.8. The van der Waals surface area contributed by atoms with Gasteiger partial charge in [-0.05, 0) is 0 Å². The molecule has 0 fully saturated rings. The summed E-state index contributed by atoms with van der Waals surface area (Å²) in [4.78, 5) is 0. The fourth-order valence-electron chi connectivity index (χ4n) is 3.43. The molecule has 0 saturated carbocycles. The van der Waals surface area contributed by atoms with Crippen LogP contribution in [0, 0.1) is 0 Å². The summed E-state index contributed by atoms with van der Waals surface area (Å²) in [5.74, 6) is 0. The first-order chi connectivity index (χ1) is 17.1. The van der Waals surface area contributed by atoms with Gasteiger partial charge < -0.3 is 20.4 Å². The molecule has 0 spiro atoms. The van der Waals surface area contributed by atoms with Crippen molar-refractivity contribution < 1.29 is 42.1 Å². The molecule has 224 valence electrons. The average molecular weight is 565 g/mol. The third kappa shape index (κ3) is 72.4. The Morgan fingerprint density at radius 1 is 0.324 bits per heavy atom. The van der Waals surface area contributed by atoms with E-state index in [0.717, 1.165) is 51.4 Å². The number of hydrogen-bond donors (Lipinski definition) is 0. The molecule has 5 heteroatoms. The normalized spacial score (nSPS) is 13.3. The zero-order chi connectivity index (χ0) is 28.5. The Bertz CT molecular complexity index is 273. The molecule has 0 aromatic carbocycles. The minimum Gasteiger partial charge on any atom is -0.852 e. The molecule has 4 nitrogen and oxygen atoms in total. The largest absolute Gasteiger partial charge is 4.00 e. The molecular weight excluding hydrogens is 496 g/mol. The summed E-state index contributed by atoms with van der Waals surface area (Å²) in [5, 5.41) is 42.0. The van der Waals surface area contributed by atoms with Crippen LogP contribution < -0.4 is 20.4 Å². The third-order valence-corrected chi connectivity index (χ3v) is 5.86. The van der Waals surface area contributed by atoms with Crippen LogP contribution >= 0.6 is 0 Å². The van der Waals surface area contributed by atoms with Gasteiger partial charge in [0.2, 0.25) is 0 Å². The summed E-state index contributed by atoms with van der Waals surface area (Å²) in [6, 6.07) is 0. The second-order valence-electron chi connectivity index (χ2n) is 10.6. The minimum atomic E-state index is -0.346. The molecule has 4 unspecified atom stereocenters. The van der Waals surface area contributed by atoms with Crippen molar-refractivity contribution in [2.75, 3.05) is 0 Å². The Balaban J connectivity index is -0.000000122. The average Bonchev–Trinajstić information content (AvgIpc) is 2.81. The summed E-state index contributed by atoms with van der Waals surface area (Å²) in [6.45, 7) is 15.7. The molecule has 0 aromatic heterocycles. The molecule has 0 aliphatic carbocycles. The van der Waals surface area contributed by atoms with Gasteiger partial charge in [-0.3, -0.25) is 0 Å². The summed E-state index contributed by atoms with van der Waals surface area (Å²) >= 11 is 0. The van der Waals surface area contributed by atoms with Gasteiger partial charge in [0.25, 0.3) is 0 Å². The van der Waals surface area contributed by atoms with Crippen LogP contribution in [0.3, 0.4) is 0 Å². The second kappa shape index (κ2) is 43.6. The van der Waals surface area contributed by atoms with Gasteiger partial charge in [-0.1, -0.05) is 184 Å². The van der Waals surface area contributed by atoms with Gasteiger partial charge in [-0.15, -0.1) is 24.4 Å². The minimum absolute atomic E-state index is 0. The summed E-state index contributed by atoms with van der Waals surface area (Å²) in [5.41, 5.74) is 0. The van der Waals surface area contributed by atoms with Gasteiger partial charge in [0.05, 0.1) is 0 Å². The summed E-state index contributed by atoms with van der Waals surface area (Å²) < 4.78 is 0. The van der Waals surface area contributed by atoms with Crippen molar-refractivity contribution >= 4 is 0 Å². The third-order valence-electron chi connectivity index (χ3n) is 5.86. The van der Waals surface area contributed by atoms with Crippen molar-refractivity contribution in [1.29, 1.82) is 0 Å². The van der Waals surface area contributed by atoms with Gasteiger partial charge in [0, 0.05) is 0 Å². The van der Waals surface area contributed by atoms with E-state index in [1.807, 2.05) is 0 Å². The van der Waals surface area contributed by atoms with Crippen LogP contribution in [0.15, 0.2) is 0 Å². The van der Waals surface area contributed by atoms with E-state index in [9.17, 15) is 20.4 Å². The van der Waals surface area contributed by atoms with Gasteiger partial charge >= 0.3 is 21.7 Å². The fraction of sp³-hybridized carbons (Fsp3) is 1.00. The quantitative estimate of drug-likeness (QED) is 0.120. The van der Waals surface area contributed by atoms with Crippen LogP contribution in [0.4, 0.5) is 0 Å². The summed E-state index contributed by atoms with van der Waals surface area (Å²) in [6.07, 6.45) is 21.7. The van der Waals surface area contributed by atoms with Crippen molar-refractivity contribution in [1.82, 2.24) is 0 Å². The molecule has 0 rings (SSSR count). The SMILES string of the molecule is CCCCCCC(C)[O-].CCCCCCC(C)[O-].CCCCCCC(C)[O-].CCCCCCC(C)[O-].[Ti+4]. The van der Waals surface area contributed by atoms with Gasteiger partial charge in [-0.2, -0.15) is 0 Å². The Labute approximate surface area is 249 Å². The van der Waals surface area contributed by atoms with Crippen LogP contribution in [0.25, 0.3) is 0 Å². The molecule has 0 aromatic rings. The Morgan fingerprint density at radius 3 is 0.595 bits per heavy atom. The van der Waals surface area contributed by atoms with Crippen LogP contribution in [0.5, 0.6) is 0 Å². The molecule has 0 radical (unpaired) electrons. The van der Waals surface area contributed by atoms with Gasteiger partial charge in [-0.25, -0.2) is 0 Å². The maximum Gasteiger partial charge on any atom is 4.00 e. The predicted molar refractivity (Wildman–Crippen MR) is 153 cm³/mol. The van der Waals surface area contributed by atoms with Crippen molar-refractivity contribution in [3.8, 4) is 0 Å². The fourth-order valence-corrected chi connectivity index (χ4v) is 3.43. The standard InChI is InChI=1S/4C8H17O.Ti/c4*1-3-4-5-6-7-8(2)9;/h4*8H,3-7H2,1-2H3;/q4*-1;+4. The first-order valence-electron chi connectivity index (χ1n) is 15.7. The van der Waals surface area contributed by atoms with Gasteiger partial charge in [0.15, 0.2) is 0 Å². The van der Waals surface area contributed by atoms with E-state index >= 15 is 0 Å². The first kappa shape index (κ1) is 47.3. The first-order valence-corrected chi connectivity index (χ1v) is 15.7. The molecule has 4 atom stereocenters. The van der Waals surface area contributed by atoms with Crippen molar-refractivity contribution in [2.45, 2.75) is 208 Å². The molecular formula is C32H68O4Ti. The predicted octanol–water partition coefficient (Wildman–Crippen LogP) is 6.82. The molecule has 0 aliphatic rings. The van der Waals surface area contributed by atoms with E-state index in [4.69, 9.17) is 0 Å². The van der Waals surface area contributed by atoms with Crippen LogP contribution in [0.2, 0.25) is 0 Å². The van der Waals surface area contributed by atoms with E-state index < -0.39 is 0 Å². The Morgan fingerprint density at radius 2 is 0.486 bits per heavy atom. The molecule has 37 heavy (non-hydrogen) atoms. The van der Waals surface area contributed by atoms with E-state index in [1.54, 1.807) is 27.7 Å². The van der Waals surface area contributed by atoms with Crippen molar-refractivity contribution in [2.24, 2.45) is 0 Å². The summed E-state index contributed by atoms with van der Waals surface area (Å²) in [7, 11) is 0. The maximum absolute atomic E-state index is 10.5. The molecule has 0 aliphatic heterocycles. The number of unbranched alkanes of at least 4 members (excludes halogenated alkanes) is 12. The maximum atomic E-state index is 10.5. The Hall–Kier alpha value is 0.554. The smallest absolute Gasteiger partial charge is 0.852 e. The van der Waals surface area contributed by atoms with Crippen molar-refractivity contribution in [3.05, 3.63) is 0 Å². The van der Waals surface area contributed by atoms with Crippen molar-refractivity contribution in [3.63, 3.8) is 0 Å². The topological polar surface area (TPSA) is 92.2 Å². The molecule has 0 amide bonds. The van der Waals surface area contributed by atoms with E-state index in [2.05, 4.69) is 27.7 Å². The second-order valence-corrected chi connectivity index (χ2v) is 10.6. The molecule has 0 heterocycles.